The molecular formula is C24H31N5O2. The number of pyridine rings is 1. The fraction of sp³-hybridized carbons (Fsp3) is 0.500. The number of fused-ring (bicyclic) bond motifs is 1. The van der Waals surface area contributed by atoms with Crippen LogP contribution in [-0.4, -0.2) is 63.0 Å². The number of nitriles is 1. The molecule has 2 aromatic rings. The number of rotatable bonds is 8. The smallest absolute Gasteiger partial charge is 0.146 e. The molecule has 1 aromatic heterocycles. The molecule has 0 amide bonds. The molecule has 164 valence electrons. The predicted octanol–water partition coefficient (Wildman–Crippen LogP) is 2.80. The van der Waals surface area contributed by atoms with Gasteiger partial charge in [0.25, 0.3) is 0 Å². The summed E-state index contributed by atoms with van der Waals surface area (Å²) < 4.78 is 10.7. The van der Waals surface area contributed by atoms with E-state index in [-0.39, 0.29) is 0 Å². The molecule has 1 saturated heterocycles. The van der Waals surface area contributed by atoms with Crippen LogP contribution in [-0.2, 0) is 29.0 Å². The Kier molecular flexibility index (Phi) is 7.36. The van der Waals surface area contributed by atoms with Gasteiger partial charge >= 0.3 is 0 Å². The minimum Gasteiger partial charge on any atom is -0.385 e. The van der Waals surface area contributed by atoms with E-state index >= 15 is 0 Å². The molecule has 2 aliphatic rings. The molecule has 0 bridgehead atoms. The van der Waals surface area contributed by atoms with Crippen molar-refractivity contribution in [2.45, 2.75) is 25.9 Å². The highest BCUT2D eigenvalue weighted by atomic mass is 16.5. The Morgan fingerprint density at radius 1 is 1.16 bits per heavy atom. The van der Waals surface area contributed by atoms with Crippen LogP contribution in [0.3, 0.4) is 0 Å². The van der Waals surface area contributed by atoms with E-state index < -0.39 is 0 Å². The molecule has 7 nitrogen and oxygen atoms in total. The van der Waals surface area contributed by atoms with Gasteiger partial charge in [0.2, 0.25) is 0 Å². The average Bonchev–Trinajstić information content (AvgIpc) is 2.82. The Bertz CT molecular complexity index is 906. The van der Waals surface area contributed by atoms with E-state index in [1.54, 1.807) is 7.11 Å². The zero-order valence-corrected chi connectivity index (χ0v) is 18.3. The molecule has 0 saturated carbocycles. The minimum atomic E-state index is 0.685. The summed E-state index contributed by atoms with van der Waals surface area (Å²) in [5.41, 5.74) is 4.35. The number of benzene rings is 1. The van der Waals surface area contributed by atoms with Gasteiger partial charge in [-0.15, -0.1) is 0 Å². The first kappa shape index (κ1) is 21.6. The number of hydrogen-bond donors (Lipinski definition) is 1. The summed E-state index contributed by atoms with van der Waals surface area (Å²) >= 11 is 0. The first-order valence-electron chi connectivity index (χ1n) is 11.1. The highest BCUT2D eigenvalue weighted by molar-refractivity contribution is 5.67. The van der Waals surface area contributed by atoms with Crippen LogP contribution in [0.25, 0.3) is 0 Å². The molecule has 2 aliphatic heterocycles. The summed E-state index contributed by atoms with van der Waals surface area (Å²) in [5, 5.41) is 13.4. The van der Waals surface area contributed by atoms with E-state index in [2.05, 4.69) is 51.5 Å². The van der Waals surface area contributed by atoms with Crippen molar-refractivity contribution in [3.05, 3.63) is 52.6 Å². The lowest BCUT2D eigenvalue weighted by Crippen LogP contribution is -2.39. The third kappa shape index (κ3) is 5.16. The summed E-state index contributed by atoms with van der Waals surface area (Å²) in [5.74, 6) is 1.71. The number of ether oxygens (including phenoxy) is 2. The zero-order chi connectivity index (χ0) is 21.5. The Hall–Kier alpha value is -2.66. The van der Waals surface area contributed by atoms with Crippen molar-refractivity contribution < 1.29 is 9.47 Å². The zero-order valence-electron chi connectivity index (χ0n) is 18.3. The summed E-state index contributed by atoms with van der Waals surface area (Å²) in [6, 6.07) is 13.0. The van der Waals surface area contributed by atoms with Crippen molar-refractivity contribution in [1.82, 2.24) is 9.88 Å². The van der Waals surface area contributed by atoms with Gasteiger partial charge in [0.15, 0.2) is 0 Å². The Balaban J connectivity index is 1.64. The third-order valence-corrected chi connectivity index (χ3v) is 5.94. The number of nitrogens with one attached hydrogen (secondary N) is 1. The molecule has 0 radical (unpaired) electrons. The maximum absolute atomic E-state index is 9.98. The van der Waals surface area contributed by atoms with Gasteiger partial charge < -0.3 is 19.7 Å². The molecule has 0 aliphatic carbocycles. The summed E-state index contributed by atoms with van der Waals surface area (Å²) in [6.07, 6.45) is 1.73. The summed E-state index contributed by atoms with van der Waals surface area (Å²) in [7, 11) is 1.70. The van der Waals surface area contributed by atoms with Crippen molar-refractivity contribution in [3.8, 4) is 6.07 Å². The predicted molar refractivity (Wildman–Crippen MR) is 121 cm³/mol. The highest BCUT2D eigenvalue weighted by Gasteiger charge is 2.28. The van der Waals surface area contributed by atoms with Crippen molar-refractivity contribution in [3.63, 3.8) is 0 Å². The molecule has 0 unspecified atom stereocenters. The molecule has 3 heterocycles. The lowest BCUT2D eigenvalue weighted by molar-refractivity contribution is 0.122. The third-order valence-electron chi connectivity index (χ3n) is 5.94. The van der Waals surface area contributed by atoms with Gasteiger partial charge in [0.05, 0.1) is 18.8 Å². The first-order chi connectivity index (χ1) is 15.3. The van der Waals surface area contributed by atoms with Crippen LogP contribution >= 0.6 is 0 Å². The van der Waals surface area contributed by atoms with E-state index in [1.165, 1.54) is 11.1 Å². The van der Waals surface area contributed by atoms with Crippen LogP contribution < -0.4 is 10.2 Å². The first-order valence-corrected chi connectivity index (χ1v) is 11.1. The summed E-state index contributed by atoms with van der Waals surface area (Å²) in [6.45, 7) is 7.14. The molecule has 4 rings (SSSR count). The molecule has 1 aromatic carbocycles. The maximum atomic E-state index is 9.98. The molecule has 0 spiro atoms. The number of hydrogen-bond acceptors (Lipinski definition) is 7. The standard InChI is InChI=1S/C24H31N5O2/c1-30-13-5-9-26-23-21(16-25)20-8-10-28(17-19-6-3-2-4-7-19)18-22(20)24(27-23)29-11-14-31-15-12-29/h2-4,6-7H,5,8-15,17-18H2,1H3,(H,26,27). The minimum absolute atomic E-state index is 0.685. The fourth-order valence-electron chi connectivity index (χ4n) is 4.36. The molecular weight excluding hydrogens is 390 g/mol. The van der Waals surface area contributed by atoms with Gasteiger partial charge in [0, 0.05) is 58.5 Å². The van der Waals surface area contributed by atoms with Gasteiger partial charge in [-0.25, -0.2) is 4.98 Å². The van der Waals surface area contributed by atoms with E-state index in [0.29, 0.717) is 31.2 Å². The quantitative estimate of drug-likeness (QED) is 0.657. The van der Waals surface area contributed by atoms with Crippen LogP contribution in [0.2, 0.25) is 0 Å². The number of nitrogens with zero attached hydrogens (tertiary/aromatic N) is 4. The second-order valence-electron chi connectivity index (χ2n) is 8.05. The van der Waals surface area contributed by atoms with Gasteiger partial charge in [-0.3, -0.25) is 4.90 Å². The Morgan fingerprint density at radius 3 is 2.71 bits per heavy atom. The number of morpholine rings is 1. The number of methoxy groups -OCH3 is 1. The van der Waals surface area contributed by atoms with Gasteiger partial charge in [-0.1, -0.05) is 30.3 Å². The SMILES string of the molecule is COCCCNc1nc(N2CCOCC2)c2c(c1C#N)CCN(Cc1ccccc1)C2. The fourth-order valence-corrected chi connectivity index (χ4v) is 4.36. The van der Waals surface area contributed by atoms with Crippen molar-refractivity contribution in [2.75, 3.05) is 63.3 Å². The van der Waals surface area contributed by atoms with Gasteiger partial charge in [-0.2, -0.15) is 5.26 Å². The number of aromatic nitrogens is 1. The van der Waals surface area contributed by atoms with Crippen molar-refractivity contribution >= 4 is 11.6 Å². The topological polar surface area (TPSA) is 73.6 Å². The normalized spacial score (nSPS) is 16.6. The Morgan fingerprint density at radius 2 is 1.97 bits per heavy atom. The van der Waals surface area contributed by atoms with Crippen LogP contribution in [0, 0.1) is 11.3 Å². The van der Waals surface area contributed by atoms with Crippen LogP contribution in [0.4, 0.5) is 11.6 Å². The molecule has 1 fully saturated rings. The van der Waals surface area contributed by atoms with Gasteiger partial charge in [0.1, 0.15) is 17.7 Å². The highest BCUT2D eigenvalue weighted by Crippen LogP contribution is 2.34. The lowest BCUT2D eigenvalue weighted by Gasteiger charge is -2.35. The molecule has 1 N–H and O–H groups in total. The van der Waals surface area contributed by atoms with Crippen LogP contribution in [0.5, 0.6) is 0 Å². The van der Waals surface area contributed by atoms with E-state index in [1.807, 2.05) is 0 Å². The Labute approximate surface area is 184 Å². The second-order valence-corrected chi connectivity index (χ2v) is 8.05. The molecule has 31 heavy (non-hydrogen) atoms. The largest absolute Gasteiger partial charge is 0.385 e. The lowest BCUT2D eigenvalue weighted by atomic mass is 9.94. The monoisotopic (exact) mass is 421 g/mol. The number of anilines is 2. The van der Waals surface area contributed by atoms with Gasteiger partial charge in [-0.05, 0) is 24.0 Å². The average molecular weight is 422 g/mol. The summed E-state index contributed by atoms with van der Waals surface area (Å²) in [4.78, 5) is 9.76. The molecule has 0 atom stereocenters. The van der Waals surface area contributed by atoms with Crippen LogP contribution in [0.1, 0.15) is 28.7 Å². The van der Waals surface area contributed by atoms with Crippen molar-refractivity contribution in [2.24, 2.45) is 0 Å². The van der Waals surface area contributed by atoms with E-state index in [9.17, 15) is 5.26 Å². The molecule has 7 heteroatoms. The van der Waals surface area contributed by atoms with Crippen LogP contribution in [0.15, 0.2) is 30.3 Å². The second kappa shape index (κ2) is 10.6. The van der Waals surface area contributed by atoms with E-state index in [0.717, 1.165) is 63.5 Å². The van der Waals surface area contributed by atoms with E-state index in [4.69, 9.17) is 14.5 Å². The maximum Gasteiger partial charge on any atom is 0.146 e. The van der Waals surface area contributed by atoms with Crippen molar-refractivity contribution in [1.29, 1.82) is 5.26 Å².